The molecule has 8 N–H and O–H groups in total. The number of nitrogens with zero attached hydrogens (tertiary/aromatic N) is 9. The molecule has 13 aliphatic rings. The zero-order valence-electron chi connectivity index (χ0n) is 65.1. The second-order valence-corrected chi connectivity index (χ2v) is 34.2. The fourth-order valence-electron chi connectivity index (χ4n) is 21.9. The van der Waals surface area contributed by atoms with Crippen molar-refractivity contribution in [3.05, 3.63) is 164 Å². The maximum Gasteiger partial charge on any atom is 0.262 e. The average molecular weight is 1560 g/mol. The van der Waals surface area contributed by atoms with Gasteiger partial charge in [-0.1, -0.05) is 84.4 Å². The normalized spacial score (nSPS) is 33.4. The van der Waals surface area contributed by atoms with E-state index in [1.54, 1.807) is 34.3 Å². The number of hydrogen-bond acceptors (Lipinski definition) is 17. The number of alkyl halides is 4. The molecule has 4 amide bonds. The van der Waals surface area contributed by atoms with Gasteiger partial charge in [0.25, 0.3) is 23.6 Å². The van der Waals surface area contributed by atoms with Crippen LogP contribution in [0, 0.1) is 33.0 Å². The number of aliphatic imine (C=N–C) groups is 4. The van der Waals surface area contributed by atoms with Gasteiger partial charge >= 0.3 is 0 Å². The second-order valence-electron chi connectivity index (χ2n) is 33.7. The molecule has 0 aromatic heterocycles. The van der Waals surface area contributed by atoms with Crippen molar-refractivity contribution in [2.24, 2.45) is 64.6 Å². The molecule has 5 aromatic carbocycles. The lowest BCUT2D eigenvalue weighted by Crippen LogP contribution is -2.51. The van der Waals surface area contributed by atoms with Crippen molar-refractivity contribution >= 4 is 59.1 Å². The molecule has 4 heterocycles. The minimum atomic E-state index is -1.31. The number of guanidine groups is 4. The summed E-state index contributed by atoms with van der Waals surface area (Å²) in [7, 11) is 6.73. The Morgan fingerprint density at radius 1 is 0.411 bits per heavy atom. The van der Waals surface area contributed by atoms with Gasteiger partial charge in [-0.3, -0.25) is 38.8 Å². The van der Waals surface area contributed by atoms with E-state index in [4.69, 9.17) is 73.5 Å². The number of hydrogen-bond donors (Lipinski definition) is 4. The molecule has 8 atom stereocenters. The highest BCUT2D eigenvalue weighted by atomic mass is 35.5. The Morgan fingerprint density at radius 2 is 0.732 bits per heavy atom. The molecule has 18 rings (SSSR count). The van der Waals surface area contributed by atoms with Gasteiger partial charge in [0.2, 0.25) is 0 Å². The number of nitriles is 1. The number of amides is 4. The van der Waals surface area contributed by atoms with Crippen molar-refractivity contribution in [3.8, 4) is 17.2 Å². The van der Waals surface area contributed by atoms with Crippen molar-refractivity contribution in [2.45, 2.75) is 247 Å². The first kappa shape index (κ1) is 78.5. The van der Waals surface area contributed by atoms with Crippen LogP contribution in [0.4, 0.5) is 17.6 Å². The molecule has 5 saturated carbocycles. The molecular formula is C86H102ClF4N13O8. The van der Waals surface area contributed by atoms with Gasteiger partial charge in [-0.15, -0.1) is 0 Å². The molecule has 9 aliphatic carbocycles. The number of fused-ring (bicyclic) bond motifs is 12. The Balaban J connectivity index is 0.000000119. The van der Waals surface area contributed by atoms with Crippen molar-refractivity contribution in [2.75, 3.05) is 28.2 Å². The smallest absolute Gasteiger partial charge is 0.262 e. The molecule has 594 valence electrons. The van der Waals surface area contributed by atoms with Crippen LogP contribution < -0.4 is 22.9 Å². The molecular weight excluding hydrogens is 1450 g/mol. The van der Waals surface area contributed by atoms with Gasteiger partial charge in [0, 0.05) is 54.9 Å². The van der Waals surface area contributed by atoms with Gasteiger partial charge < -0.3 is 41.9 Å². The molecule has 0 bridgehead atoms. The van der Waals surface area contributed by atoms with Crippen LogP contribution in [0.25, 0.3) is 11.1 Å². The standard InChI is InChI=1S/C26H27FN4O2.C22H28FN3O2.C19H23ClFN3O2.C19H24FN3O2/c1-16(27)33-21-8-10-25(11-9-21)14-20-7-6-19(18-5-3-4-17(12-18)15-28)13-22(20)26(25)23(32)31(2)24(29)30-26;1-13(23)28-17-7-9-21(10-8-17)12-16-6-5-15(14-3-4-14)11-18(16)22(21)19(27)26(2)20(24)25-22;1-11(21)26-14-5-7-18(8-6-14)10-12-3-4-13(20)9-15(12)19(18)16(25)24(2)17(22)23-19;1-12(20)25-14-7-9-18(10-8-14)11-13-5-3-4-6-15(13)19(18)16(24)23(2)17(21)22-19/h3-7,12-13,16,21H,8-11,14H2,1-2H3,(H2,29,30);5-6,11,13-14,17H,3-4,7-10,12H2,1-2H3,(H2,24,25);3-4,9,11,14H,5-8,10H2,1-2H3,(H2,22,23);3-6,12,14H,7-11H2,1-2H3,(H2,21,22). The summed E-state index contributed by atoms with van der Waals surface area (Å²) >= 11 is 6.25. The molecule has 4 aliphatic heterocycles. The van der Waals surface area contributed by atoms with E-state index in [9.17, 15) is 42.0 Å². The lowest BCUT2D eigenvalue weighted by molar-refractivity contribution is -0.140. The van der Waals surface area contributed by atoms with Gasteiger partial charge in [-0.05, 0) is 266 Å². The molecule has 8 spiro atoms. The number of ether oxygens (including phenoxy) is 4. The molecule has 0 saturated heterocycles. The van der Waals surface area contributed by atoms with E-state index in [1.807, 2.05) is 66.7 Å². The van der Waals surface area contributed by atoms with Gasteiger partial charge in [-0.25, -0.2) is 37.5 Å². The van der Waals surface area contributed by atoms with E-state index in [1.165, 1.54) is 76.8 Å². The van der Waals surface area contributed by atoms with Gasteiger partial charge in [0.15, 0.2) is 71.4 Å². The van der Waals surface area contributed by atoms with Crippen molar-refractivity contribution in [1.29, 1.82) is 5.26 Å². The minimum absolute atomic E-state index is 0.0186. The Hall–Kier alpha value is -8.80. The number of halogens is 5. The van der Waals surface area contributed by atoms with E-state index in [0.29, 0.717) is 61.0 Å². The van der Waals surface area contributed by atoms with E-state index < -0.39 is 53.0 Å². The topological polar surface area (TPSA) is 295 Å². The van der Waals surface area contributed by atoms with Gasteiger partial charge in [0.05, 0.1) is 36.0 Å². The first-order valence-electron chi connectivity index (χ1n) is 39.7. The fraction of sp³-hybridized carbons (Fsp3) is 0.547. The average Bonchev–Trinajstić information content (AvgIpc) is 1.55. The number of carbonyl (C=O) groups is 4. The van der Waals surface area contributed by atoms with Crippen LogP contribution in [0.1, 0.15) is 205 Å². The molecule has 21 nitrogen and oxygen atoms in total. The summed E-state index contributed by atoms with van der Waals surface area (Å²) in [5.74, 6) is 1.36. The van der Waals surface area contributed by atoms with Crippen molar-refractivity contribution in [1.82, 2.24) is 19.6 Å². The van der Waals surface area contributed by atoms with Gasteiger partial charge in [-0.2, -0.15) is 5.26 Å². The number of likely N-dealkylation sites (N-methyl/N-ethyl adjacent to an activating group) is 4. The highest BCUT2D eigenvalue weighted by molar-refractivity contribution is 6.30. The molecule has 8 unspecified atom stereocenters. The third-order valence-corrected chi connectivity index (χ3v) is 27.7. The number of carbonyl (C=O) groups excluding carboxylic acids is 4. The van der Waals surface area contributed by atoms with Crippen LogP contribution in [0.5, 0.6) is 0 Å². The predicted octanol–water partition coefficient (Wildman–Crippen LogP) is 13.0. The Kier molecular flexibility index (Phi) is 20.5. The maximum absolute atomic E-state index is 13.8. The lowest BCUT2D eigenvalue weighted by atomic mass is 9.61. The van der Waals surface area contributed by atoms with Crippen molar-refractivity contribution < 1.29 is 55.7 Å². The highest BCUT2D eigenvalue weighted by Gasteiger charge is 2.71. The summed E-state index contributed by atoms with van der Waals surface area (Å²) < 4.78 is 74.8. The first-order valence-corrected chi connectivity index (χ1v) is 40.1. The quantitative estimate of drug-likeness (QED) is 0.0947. The van der Waals surface area contributed by atoms with E-state index >= 15 is 0 Å². The van der Waals surface area contributed by atoms with Crippen LogP contribution >= 0.6 is 11.6 Å². The summed E-state index contributed by atoms with van der Waals surface area (Å²) in [5.41, 5.74) is 31.1. The summed E-state index contributed by atoms with van der Waals surface area (Å²) in [6, 6.07) is 36.1. The monoisotopic (exact) mass is 1560 g/mol. The SMILES string of the molecule is CC(F)OC1CCC2(CC1)Cc1ccc(-c3cccc(C#N)c3)cc1C21N=C(N)N(C)C1=O.CC(F)OC1CCC2(CC1)Cc1ccc(C3CC3)cc1C21N=C(N)N(C)C1=O.CC(F)OC1CCC2(CC1)Cc1ccc(Cl)cc1C21N=C(N)N(C)C1=O.CC(F)OC1CCC2(CC1)Cc1ccccc1C21N=C(N)N(C)C1=O. The van der Waals surface area contributed by atoms with E-state index in [2.05, 4.69) is 36.4 Å². The molecule has 5 fully saturated rings. The Labute approximate surface area is 656 Å². The third-order valence-electron chi connectivity index (χ3n) is 27.5. The fourth-order valence-corrected chi connectivity index (χ4v) is 22.1. The summed E-state index contributed by atoms with van der Waals surface area (Å²) in [6.07, 6.45) is 11.6. The van der Waals surface area contributed by atoms with Crippen LogP contribution in [-0.4, -0.2) is 145 Å². The highest BCUT2D eigenvalue weighted by Crippen LogP contribution is 2.67. The lowest BCUT2D eigenvalue weighted by Gasteiger charge is -2.45. The van der Waals surface area contributed by atoms with Crippen molar-refractivity contribution in [3.63, 3.8) is 0 Å². The molecule has 26 heteroatoms. The Bertz CT molecular complexity index is 4740. The van der Waals surface area contributed by atoms with Crippen LogP contribution in [0.3, 0.4) is 0 Å². The molecule has 112 heavy (non-hydrogen) atoms. The summed E-state index contributed by atoms with van der Waals surface area (Å²) in [6.45, 7) is 5.65. The van der Waals surface area contributed by atoms with Crippen LogP contribution in [-0.2, 0) is 86.0 Å². The first-order chi connectivity index (χ1) is 53.3. The summed E-state index contributed by atoms with van der Waals surface area (Å²) in [4.78, 5) is 79.0. The zero-order chi connectivity index (χ0) is 79.6. The van der Waals surface area contributed by atoms with E-state index in [0.717, 1.165) is 134 Å². The third kappa shape index (κ3) is 12.6. The minimum Gasteiger partial charge on any atom is -0.369 e. The largest absolute Gasteiger partial charge is 0.369 e. The molecule has 5 aromatic rings. The number of nitrogens with two attached hydrogens (primary N) is 4. The summed E-state index contributed by atoms with van der Waals surface area (Å²) in [5, 5.41) is 9.88. The zero-order valence-corrected chi connectivity index (χ0v) is 65.8. The van der Waals surface area contributed by atoms with Crippen LogP contribution in [0.2, 0.25) is 5.02 Å². The molecule has 0 radical (unpaired) electrons. The number of benzene rings is 5. The van der Waals surface area contributed by atoms with Crippen LogP contribution in [0.15, 0.2) is 123 Å². The van der Waals surface area contributed by atoms with E-state index in [-0.39, 0.29) is 82.2 Å². The Morgan fingerprint density at radius 3 is 1.08 bits per heavy atom. The maximum atomic E-state index is 13.8. The predicted molar refractivity (Wildman–Crippen MR) is 417 cm³/mol. The number of rotatable bonds is 10. The second kappa shape index (κ2) is 29.2. The van der Waals surface area contributed by atoms with Gasteiger partial charge in [0.1, 0.15) is 0 Å².